The summed E-state index contributed by atoms with van der Waals surface area (Å²) in [7, 11) is 0. The van der Waals surface area contributed by atoms with Gasteiger partial charge in [-0.2, -0.15) is 0 Å². The van der Waals surface area contributed by atoms with E-state index in [-0.39, 0.29) is 5.41 Å². The monoisotopic (exact) mass is 537 g/mol. The second-order valence-corrected chi connectivity index (χ2v) is 11.8. The van der Waals surface area contributed by atoms with Gasteiger partial charge in [-0.3, -0.25) is 4.57 Å². The molecule has 0 atom stereocenters. The average molecular weight is 538 g/mol. The normalized spacial score (nSPS) is 13.7. The zero-order valence-corrected chi connectivity index (χ0v) is 23.5. The molecule has 0 aliphatic heterocycles. The van der Waals surface area contributed by atoms with Gasteiger partial charge in [0.25, 0.3) is 0 Å². The third-order valence-corrected chi connectivity index (χ3v) is 9.15. The molecule has 3 heteroatoms. The molecule has 2 aromatic heterocycles. The molecule has 0 bridgehead atoms. The van der Waals surface area contributed by atoms with Crippen LogP contribution in [0.15, 0.2) is 127 Å². The highest BCUT2D eigenvalue weighted by Crippen LogP contribution is 2.55. The first-order chi connectivity index (χ1) is 20.6. The van der Waals surface area contributed by atoms with E-state index in [1.54, 1.807) is 0 Å². The van der Waals surface area contributed by atoms with Crippen molar-refractivity contribution in [3.8, 4) is 28.3 Å². The van der Waals surface area contributed by atoms with E-state index in [4.69, 9.17) is 9.97 Å². The maximum atomic E-state index is 5.28. The second-order valence-electron chi connectivity index (χ2n) is 11.8. The number of fused-ring (bicyclic) bond motifs is 10. The molecule has 2 heterocycles. The Morgan fingerprint density at radius 1 is 0.524 bits per heavy atom. The Morgan fingerprint density at radius 3 is 2.05 bits per heavy atom. The molecule has 0 saturated heterocycles. The fraction of sp³-hybridized carbons (Fsp3) is 0.0769. The van der Waals surface area contributed by atoms with Gasteiger partial charge in [-0.15, -0.1) is 0 Å². The molecule has 8 aromatic rings. The number of para-hydroxylation sites is 2. The molecule has 42 heavy (non-hydrogen) atoms. The predicted octanol–water partition coefficient (Wildman–Crippen LogP) is 9.85. The Morgan fingerprint density at radius 2 is 1.19 bits per heavy atom. The highest BCUT2D eigenvalue weighted by Gasteiger charge is 2.39. The van der Waals surface area contributed by atoms with Crippen LogP contribution in [0, 0.1) is 0 Å². The average Bonchev–Trinajstić information content (AvgIpc) is 3.49. The Kier molecular flexibility index (Phi) is 4.67. The van der Waals surface area contributed by atoms with Gasteiger partial charge in [0.2, 0.25) is 5.95 Å². The molecule has 0 amide bonds. The minimum atomic E-state index is -0.181. The molecule has 0 radical (unpaired) electrons. The summed E-state index contributed by atoms with van der Waals surface area (Å²) in [4.78, 5) is 10.4. The van der Waals surface area contributed by atoms with Gasteiger partial charge in [0, 0.05) is 27.1 Å². The highest BCUT2D eigenvalue weighted by atomic mass is 15.2. The lowest BCUT2D eigenvalue weighted by atomic mass is 9.78. The van der Waals surface area contributed by atoms with Crippen molar-refractivity contribution < 1.29 is 0 Å². The Hall–Kier alpha value is -5.28. The number of hydrogen-bond acceptors (Lipinski definition) is 2. The molecule has 1 aliphatic carbocycles. The summed E-state index contributed by atoms with van der Waals surface area (Å²) in [5.74, 6) is 0.692. The third kappa shape index (κ3) is 3.05. The predicted molar refractivity (Wildman–Crippen MR) is 174 cm³/mol. The van der Waals surface area contributed by atoms with Gasteiger partial charge in [0.05, 0.1) is 22.2 Å². The van der Waals surface area contributed by atoms with Crippen LogP contribution in [-0.2, 0) is 5.41 Å². The van der Waals surface area contributed by atoms with Gasteiger partial charge >= 0.3 is 0 Å². The Labute approximate surface area is 243 Å². The topological polar surface area (TPSA) is 30.7 Å². The van der Waals surface area contributed by atoms with Crippen LogP contribution in [0.2, 0.25) is 0 Å². The lowest BCUT2D eigenvalue weighted by Gasteiger charge is -2.24. The quantitative estimate of drug-likeness (QED) is 0.220. The molecule has 6 aromatic carbocycles. The summed E-state index contributed by atoms with van der Waals surface area (Å²) in [6, 6.07) is 45.4. The first kappa shape index (κ1) is 23.4. The fourth-order valence-electron chi connectivity index (χ4n) is 7.42. The summed E-state index contributed by atoms with van der Waals surface area (Å²) >= 11 is 0. The van der Waals surface area contributed by atoms with E-state index in [2.05, 4.69) is 140 Å². The molecule has 198 valence electrons. The van der Waals surface area contributed by atoms with Crippen molar-refractivity contribution in [2.24, 2.45) is 0 Å². The maximum absolute atomic E-state index is 5.28. The zero-order chi connectivity index (χ0) is 28.0. The van der Waals surface area contributed by atoms with E-state index in [0.717, 1.165) is 33.2 Å². The molecule has 3 nitrogen and oxygen atoms in total. The van der Waals surface area contributed by atoms with Gasteiger partial charge in [0.15, 0.2) is 0 Å². The molecule has 0 spiro atoms. The summed E-state index contributed by atoms with van der Waals surface area (Å²) in [5, 5.41) is 6.18. The van der Waals surface area contributed by atoms with Crippen LogP contribution in [-0.4, -0.2) is 14.5 Å². The van der Waals surface area contributed by atoms with Gasteiger partial charge < -0.3 is 0 Å². The van der Waals surface area contributed by atoms with E-state index in [9.17, 15) is 0 Å². The fourth-order valence-corrected chi connectivity index (χ4v) is 7.42. The minimum Gasteiger partial charge on any atom is -0.278 e. The minimum absolute atomic E-state index is 0.181. The molecule has 9 rings (SSSR count). The van der Waals surface area contributed by atoms with E-state index >= 15 is 0 Å². The van der Waals surface area contributed by atoms with Crippen molar-refractivity contribution in [1.82, 2.24) is 14.5 Å². The second kappa shape index (κ2) is 8.37. The molecular weight excluding hydrogens is 510 g/mol. The van der Waals surface area contributed by atoms with Crippen molar-refractivity contribution >= 4 is 43.5 Å². The van der Waals surface area contributed by atoms with Crippen molar-refractivity contribution in [1.29, 1.82) is 0 Å². The summed E-state index contributed by atoms with van der Waals surface area (Å²) < 4.78 is 2.26. The third-order valence-electron chi connectivity index (χ3n) is 9.15. The summed E-state index contributed by atoms with van der Waals surface area (Å²) in [6.45, 7) is 4.77. The Bertz CT molecular complexity index is 2380. The molecule has 0 unspecified atom stereocenters. The van der Waals surface area contributed by atoms with Crippen LogP contribution in [0.4, 0.5) is 0 Å². The van der Waals surface area contributed by atoms with Crippen LogP contribution in [0.25, 0.3) is 71.8 Å². The summed E-state index contributed by atoms with van der Waals surface area (Å²) in [5.41, 5.74) is 10.5. The van der Waals surface area contributed by atoms with Crippen molar-refractivity contribution in [2.75, 3.05) is 0 Å². The van der Waals surface area contributed by atoms with Gasteiger partial charge in [-0.1, -0.05) is 123 Å². The summed E-state index contributed by atoms with van der Waals surface area (Å²) in [6.07, 6.45) is 0. The van der Waals surface area contributed by atoms with E-state index in [0.29, 0.717) is 5.95 Å². The van der Waals surface area contributed by atoms with Crippen LogP contribution in [0.5, 0.6) is 0 Å². The number of aromatic nitrogens is 3. The molecular formula is C39H27N3. The van der Waals surface area contributed by atoms with E-state index < -0.39 is 0 Å². The van der Waals surface area contributed by atoms with Crippen LogP contribution >= 0.6 is 0 Å². The molecule has 0 fully saturated rings. The SMILES string of the molecule is CC1(C)c2c(ccc3ccccc23)-c2ccc3c(c21)c1ccccc1n3-c1nc(-c2ccccc2)c2ccccc2n1. The molecule has 0 saturated carbocycles. The van der Waals surface area contributed by atoms with Crippen molar-refractivity contribution in [3.63, 3.8) is 0 Å². The molecule has 0 N–H and O–H groups in total. The van der Waals surface area contributed by atoms with Gasteiger partial charge in [-0.25, -0.2) is 9.97 Å². The zero-order valence-electron chi connectivity index (χ0n) is 23.5. The smallest absolute Gasteiger partial charge is 0.235 e. The number of rotatable bonds is 2. The first-order valence-corrected chi connectivity index (χ1v) is 14.5. The highest BCUT2D eigenvalue weighted by molar-refractivity contribution is 6.15. The lowest BCUT2D eigenvalue weighted by Crippen LogP contribution is -2.16. The van der Waals surface area contributed by atoms with Crippen LogP contribution in [0.3, 0.4) is 0 Å². The molecule has 1 aliphatic rings. The van der Waals surface area contributed by atoms with Crippen LogP contribution < -0.4 is 0 Å². The number of benzene rings is 6. The number of nitrogens with zero attached hydrogens (tertiary/aromatic N) is 3. The lowest BCUT2D eigenvalue weighted by molar-refractivity contribution is 0.672. The van der Waals surface area contributed by atoms with Crippen LogP contribution in [0.1, 0.15) is 25.0 Å². The van der Waals surface area contributed by atoms with Crippen molar-refractivity contribution in [2.45, 2.75) is 19.3 Å². The van der Waals surface area contributed by atoms with E-state index in [1.165, 1.54) is 43.8 Å². The standard InChI is InChI=1S/C39H27N3/c1-39(2)35-26-15-7-6-12-24(26)20-21-27(35)28-22-23-33-34(36(28)39)30-17-9-11-19-32(30)42(33)38-40-31-18-10-8-16-29(31)37(41-38)25-13-4-3-5-14-25/h3-23H,1-2H3. The first-order valence-electron chi connectivity index (χ1n) is 14.5. The van der Waals surface area contributed by atoms with E-state index in [1.807, 2.05) is 6.07 Å². The largest absolute Gasteiger partial charge is 0.278 e. The maximum Gasteiger partial charge on any atom is 0.235 e. The van der Waals surface area contributed by atoms with Gasteiger partial charge in [0.1, 0.15) is 0 Å². The van der Waals surface area contributed by atoms with Crippen molar-refractivity contribution in [3.05, 3.63) is 139 Å². The van der Waals surface area contributed by atoms with Gasteiger partial charge in [-0.05, 0) is 51.2 Å². The Balaban J connectivity index is 1.40. The number of hydrogen-bond donors (Lipinski definition) is 0.